The lowest BCUT2D eigenvalue weighted by Crippen LogP contribution is -2.64. The first-order chi connectivity index (χ1) is 27.4. The van der Waals surface area contributed by atoms with Crippen molar-refractivity contribution >= 4 is 23.4 Å². The zero-order valence-corrected chi connectivity index (χ0v) is 36.6. The normalized spacial score (nSPS) is 39.8. The van der Waals surface area contributed by atoms with Gasteiger partial charge in [-0.05, 0) is 121 Å². The number of aliphatic hydroxyl groups is 2. The third-order valence-corrected chi connectivity index (χ3v) is 13.1. The van der Waals surface area contributed by atoms with Crippen molar-refractivity contribution in [1.29, 1.82) is 0 Å². The average Bonchev–Trinajstić information content (AvgIpc) is 3.20. The molecule has 12 nitrogen and oxygen atoms in total. The maximum atomic E-state index is 16.2. The molecule has 1 aliphatic carbocycles. The number of fused-ring (bicyclic) bond motifs is 3. The van der Waals surface area contributed by atoms with Gasteiger partial charge in [0.25, 0.3) is 11.7 Å². The Bertz CT molecular complexity index is 1480. The fraction of sp³-hybridized carbons (Fsp3) is 0.822. The van der Waals surface area contributed by atoms with Crippen LogP contribution in [0, 0.1) is 29.6 Å². The number of nitrogens with zero attached hydrogens (tertiary/aromatic N) is 1. The number of rotatable bonds is 7. The molecule has 2 N–H and O–H groups in total. The number of carbonyl (C=O) groups excluding carboxylic acids is 4. The Hall–Kier alpha value is -2.55. The van der Waals surface area contributed by atoms with Crippen molar-refractivity contribution in [3.05, 3.63) is 23.3 Å². The van der Waals surface area contributed by atoms with E-state index in [1.54, 1.807) is 26.8 Å². The van der Waals surface area contributed by atoms with Gasteiger partial charge in [-0.25, -0.2) is 9.18 Å². The fourth-order valence-electron chi connectivity index (χ4n) is 9.54. The summed E-state index contributed by atoms with van der Waals surface area (Å²) in [5.41, 5.74) is 1.20. The number of piperidine rings is 1. The second kappa shape index (κ2) is 21.3. The molecule has 3 heterocycles. The highest BCUT2D eigenvalue weighted by Gasteiger charge is 2.56. The van der Waals surface area contributed by atoms with Crippen LogP contribution in [0.5, 0.6) is 0 Å². The smallest absolute Gasteiger partial charge is 0.329 e. The van der Waals surface area contributed by atoms with Crippen molar-refractivity contribution in [3.63, 3.8) is 0 Å². The van der Waals surface area contributed by atoms with E-state index >= 15 is 4.39 Å². The molecule has 1 saturated carbocycles. The number of cyclic esters (lactones) is 1. The SMILES string of the molecule is CCC1C=C(C)C(F)C(C)CC(OC)C2OC(O)(C(=O)C(=O)N3CCCCC3C(=O)OC(C(C)=CC3CCC(O)C(OC(C)C)C3)C(C)CCC1=O)C(C)CC2OC. The lowest BCUT2D eigenvalue weighted by molar-refractivity contribution is -0.302. The van der Waals surface area contributed by atoms with Crippen molar-refractivity contribution in [1.82, 2.24) is 4.90 Å². The number of methoxy groups -OCH3 is 2. The fourth-order valence-corrected chi connectivity index (χ4v) is 9.54. The molecule has 0 aromatic rings. The molecule has 2 saturated heterocycles. The summed E-state index contributed by atoms with van der Waals surface area (Å²) in [4.78, 5) is 57.8. The Morgan fingerprint density at radius 1 is 0.983 bits per heavy atom. The molecular formula is C45H72FNO11. The first-order valence-electron chi connectivity index (χ1n) is 21.7. The van der Waals surface area contributed by atoms with E-state index in [2.05, 4.69) is 6.08 Å². The summed E-state index contributed by atoms with van der Waals surface area (Å²) < 4.78 is 46.3. The number of aliphatic hydroxyl groups excluding tert-OH is 1. The largest absolute Gasteiger partial charge is 0.456 e. The molecule has 3 fully saturated rings. The Morgan fingerprint density at radius 2 is 1.66 bits per heavy atom. The quantitative estimate of drug-likeness (QED) is 0.171. The van der Waals surface area contributed by atoms with Crippen LogP contribution in [0.3, 0.4) is 0 Å². The van der Waals surface area contributed by atoms with E-state index in [0.717, 1.165) is 12.0 Å². The second-order valence-corrected chi connectivity index (χ2v) is 18.0. The number of halogens is 1. The van der Waals surface area contributed by atoms with Gasteiger partial charge in [0.1, 0.15) is 30.2 Å². The number of amides is 1. The van der Waals surface area contributed by atoms with Gasteiger partial charge in [-0.3, -0.25) is 14.4 Å². The maximum Gasteiger partial charge on any atom is 0.329 e. The second-order valence-electron chi connectivity index (χ2n) is 18.0. The van der Waals surface area contributed by atoms with Crippen LogP contribution in [0.2, 0.25) is 0 Å². The summed E-state index contributed by atoms with van der Waals surface area (Å²) >= 11 is 0. The highest BCUT2D eigenvalue weighted by atomic mass is 19.1. The first-order valence-corrected chi connectivity index (χ1v) is 21.7. The standard InChI is InChI=1S/C45H72FNO11/c1-11-32-21-27(5)39(46)28(6)22-37(54-9)41-38(55-10)23-30(8)45(53,58-41)42(50)43(51)47-19-13-12-14-33(47)44(52)57-40(26(4)15-17-34(32)48)29(7)20-31-16-18-35(49)36(24-31)56-25(2)3/h20-21,25-26,28,30-33,35-41,49,53H,11-19,22-24H2,1-10H3. The summed E-state index contributed by atoms with van der Waals surface area (Å²) in [6, 6.07) is -1.09. The highest BCUT2D eigenvalue weighted by Crippen LogP contribution is 2.39. The van der Waals surface area contributed by atoms with E-state index < -0.39 is 83.9 Å². The van der Waals surface area contributed by atoms with Gasteiger partial charge < -0.3 is 38.8 Å². The Morgan fingerprint density at radius 3 is 2.29 bits per heavy atom. The maximum absolute atomic E-state index is 16.2. The number of carbonyl (C=O) groups is 4. The minimum Gasteiger partial charge on any atom is -0.456 e. The van der Waals surface area contributed by atoms with E-state index in [4.69, 9.17) is 23.7 Å². The summed E-state index contributed by atoms with van der Waals surface area (Å²) in [5, 5.41) is 22.7. The monoisotopic (exact) mass is 822 g/mol. The van der Waals surface area contributed by atoms with Crippen molar-refractivity contribution in [2.45, 2.75) is 187 Å². The van der Waals surface area contributed by atoms with Crippen LogP contribution in [0.25, 0.3) is 0 Å². The van der Waals surface area contributed by atoms with Crippen molar-refractivity contribution in [3.8, 4) is 0 Å². The summed E-state index contributed by atoms with van der Waals surface area (Å²) in [7, 11) is 2.92. The van der Waals surface area contributed by atoms with Crippen LogP contribution >= 0.6 is 0 Å². The number of hydrogen-bond acceptors (Lipinski definition) is 11. The molecule has 3 aliphatic heterocycles. The van der Waals surface area contributed by atoms with Gasteiger partial charge in [0.2, 0.25) is 5.79 Å². The number of esters is 1. The van der Waals surface area contributed by atoms with Crippen molar-refractivity contribution in [2.75, 3.05) is 20.8 Å². The van der Waals surface area contributed by atoms with Crippen LogP contribution in [-0.4, -0.2) is 120 Å². The molecule has 58 heavy (non-hydrogen) atoms. The predicted octanol–water partition coefficient (Wildman–Crippen LogP) is 6.23. The van der Waals surface area contributed by atoms with E-state index in [0.29, 0.717) is 44.1 Å². The van der Waals surface area contributed by atoms with Crippen LogP contribution in [0.1, 0.15) is 126 Å². The summed E-state index contributed by atoms with van der Waals surface area (Å²) in [5.74, 6) is -7.80. The third kappa shape index (κ3) is 11.4. The highest BCUT2D eigenvalue weighted by molar-refractivity contribution is 6.39. The average molecular weight is 822 g/mol. The van der Waals surface area contributed by atoms with Crippen LogP contribution in [0.4, 0.5) is 4.39 Å². The van der Waals surface area contributed by atoms with Gasteiger partial charge in [0.05, 0.1) is 30.5 Å². The van der Waals surface area contributed by atoms with Crippen molar-refractivity contribution < 1.29 is 57.5 Å². The van der Waals surface area contributed by atoms with Crippen LogP contribution < -0.4 is 0 Å². The lowest BCUT2D eigenvalue weighted by atomic mass is 9.81. The van der Waals surface area contributed by atoms with E-state index in [1.807, 2.05) is 34.6 Å². The minimum absolute atomic E-state index is 0.0367. The topological polar surface area (TPSA) is 158 Å². The first kappa shape index (κ1) is 48.1. The number of alkyl halides is 1. The Kier molecular flexibility index (Phi) is 17.7. The molecule has 0 spiro atoms. The van der Waals surface area contributed by atoms with Crippen molar-refractivity contribution in [2.24, 2.45) is 29.6 Å². The predicted molar refractivity (Wildman–Crippen MR) is 216 cm³/mol. The van der Waals surface area contributed by atoms with Gasteiger partial charge in [-0.1, -0.05) is 39.8 Å². The Balaban J connectivity index is 1.75. The van der Waals surface area contributed by atoms with Crippen LogP contribution in [0.15, 0.2) is 23.3 Å². The van der Waals surface area contributed by atoms with Gasteiger partial charge in [-0.2, -0.15) is 0 Å². The lowest BCUT2D eigenvalue weighted by Gasteiger charge is -2.47. The number of hydrogen-bond donors (Lipinski definition) is 2. The van der Waals surface area contributed by atoms with Gasteiger partial charge in [0.15, 0.2) is 0 Å². The molecular weight excluding hydrogens is 749 g/mol. The third-order valence-electron chi connectivity index (χ3n) is 13.1. The number of allylic oxidation sites excluding steroid dienone is 3. The van der Waals surface area contributed by atoms with E-state index in [1.165, 1.54) is 19.1 Å². The summed E-state index contributed by atoms with van der Waals surface area (Å²) in [6.07, 6.45) is 2.73. The van der Waals surface area contributed by atoms with E-state index in [-0.39, 0.29) is 62.1 Å². The molecule has 330 valence electrons. The minimum atomic E-state index is -2.57. The molecule has 1 amide bonds. The molecule has 4 aliphatic rings. The molecule has 14 unspecified atom stereocenters. The molecule has 2 bridgehead atoms. The molecule has 4 rings (SSSR count). The van der Waals surface area contributed by atoms with Gasteiger partial charge in [-0.15, -0.1) is 0 Å². The zero-order valence-electron chi connectivity index (χ0n) is 36.6. The van der Waals surface area contributed by atoms with Gasteiger partial charge in [0, 0.05) is 39.0 Å². The molecule has 14 atom stereocenters. The number of ether oxygens (including phenoxy) is 5. The van der Waals surface area contributed by atoms with E-state index in [9.17, 15) is 29.4 Å². The zero-order chi connectivity index (χ0) is 43.1. The number of ketones is 2. The molecule has 0 aromatic carbocycles. The molecule has 0 radical (unpaired) electrons. The Labute approximate surface area is 345 Å². The number of Topliss-reactive ketones (excluding diaryl/α,β-unsaturated/α-hetero) is 2. The van der Waals surface area contributed by atoms with Crippen LogP contribution in [-0.2, 0) is 42.9 Å². The molecule has 13 heteroatoms. The van der Waals surface area contributed by atoms with Gasteiger partial charge >= 0.3 is 5.97 Å². The molecule has 0 aromatic heterocycles. The summed E-state index contributed by atoms with van der Waals surface area (Å²) in [6.45, 7) is 14.7.